The summed E-state index contributed by atoms with van der Waals surface area (Å²) >= 11 is 5.81. The molecule has 1 heterocycles. The Morgan fingerprint density at radius 2 is 2.33 bits per heavy atom. The third kappa shape index (κ3) is 1.97. The van der Waals surface area contributed by atoms with Crippen LogP contribution in [0.2, 0.25) is 5.02 Å². The smallest absolute Gasteiger partial charge is 0.211 e. The summed E-state index contributed by atoms with van der Waals surface area (Å²) in [5, 5.41) is 7.06. The summed E-state index contributed by atoms with van der Waals surface area (Å²) < 4.78 is 1.54. The van der Waals surface area contributed by atoms with Crippen LogP contribution in [0.25, 0.3) is 5.69 Å². The number of aromatic nitrogens is 3. The predicted octanol–water partition coefficient (Wildman–Crippen LogP) is 1.49. The van der Waals surface area contributed by atoms with Crippen LogP contribution >= 0.6 is 11.6 Å². The fraction of sp³-hybridized carbons (Fsp3) is 0. The molecule has 0 fully saturated rings. The number of hydrogen-bond donors (Lipinski definition) is 1. The average molecular weight is 223 g/mol. The first-order valence-electron chi connectivity index (χ1n) is 4.16. The maximum atomic E-state index is 10.4. The van der Waals surface area contributed by atoms with Gasteiger partial charge >= 0.3 is 0 Å². The van der Waals surface area contributed by atoms with Crippen LogP contribution in [0.1, 0.15) is 0 Å². The number of carbonyl (C=O) groups excluding carboxylic acids is 1. The van der Waals surface area contributed by atoms with E-state index in [0.717, 1.165) is 0 Å². The van der Waals surface area contributed by atoms with E-state index in [0.29, 0.717) is 22.8 Å². The van der Waals surface area contributed by atoms with Crippen molar-refractivity contribution in [2.24, 2.45) is 0 Å². The molecule has 0 aliphatic rings. The van der Waals surface area contributed by atoms with Gasteiger partial charge in [-0.1, -0.05) is 11.6 Å². The second-order valence-electron chi connectivity index (χ2n) is 2.76. The lowest BCUT2D eigenvalue weighted by Gasteiger charge is -2.07. The van der Waals surface area contributed by atoms with E-state index in [4.69, 9.17) is 11.6 Å². The zero-order chi connectivity index (χ0) is 10.7. The molecular weight excluding hydrogens is 216 g/mol. The third-order valence-corrected chi connectivity index (χ3v) is 2.07. The maximum Gasteiger partial charge on any atom is 0.211 e. The van der Waals surface area contributed by atoms with Crippen LogP contribution in [0.4, 0.5) is 5.69 Å². The minimum Gasteiger partial charge on any atom is -0.327 e. The van der Waals surface area contributed by atoms with Gasteiger partial charge in [-0.05, 0) is 18.2 Å². The predicted molar refractivity (Wildman–Crippen MR) is 56.1 cm³/mol. The standard InChI is InChI=1S/C9H7ClN4O/c10-7-1-2-9(8(3-7)12-6-15)14-5-11-4-13-14/h1-6H,(H,12,15). The van der Waals surface area contributed by atoms with Crippen molar-refractivity contribution in [3.63, 3.8) is 0 Å². The molecule has 1 aromatic heterocycles. The van der Waals surface area contributed by atoms with Crippen LogP contribution in [0.5, 0.6) is 0 Å². The Labute approximate surface area is 90.7 Å². The lowest BCUT2D eigenvalue weighted by Crippen LogP contribution is -2.02. The largest absolute Gasteiger partial charge is 0.327 e. The van der Waals surface area contributed by atoms with Crippen LogP contribution in [-0.2, 0) is 4.79 Å². The molecule has 0 radical (unpaired) electrons. The minimum absolute atomic E-state index is 0.545. The molecule has 0 spiro atoms. The topological polar surface area (TPSA) is 59.8 Å². The molecule has 1 N–H and O–H groups in total. The summed E-state index contributed by atoms with van der Waals surface area (Å²) in [5.41, 5.74) is 1.30. The van der Waals surface area contributed by atoms with Crippen LogP contribution in [0, 0.1) is 0 Å². The third-order valence-electron chi connectivity index (χ3n) is 1.84. The van der Waals surface area contributed by atoms with E-state index < -0.39 is 0 Å². The zero-order valence-electron chi connectivity index (χ0n) is 7.59. The Balaban J connectivity index is 2.50. The van der Waals surface area contributed by atoms with Gasteiger partial charge in [0.1, 0.15) is 12.7 Å². The van der Waals surface area contributed by atoms with Crippen molar-refractivity contribution in [2.45, 2.75) is 0 Å². The van der Waals surface area contributed by atoms with E-state index in [2.05, 4.69) is 15.4 Å². The molecule has 1 aromatic carbocycles. The summed E-state index contributed by atoms with van der Waals surface area (Å²) in [7, 11) is 0. The van der Waals surface area contributed by atoms with Gasteiger partial charge in [0.25, 0.3) is 0 Å². The van der Waals surface area contributed by atoms with Gasteiger partial charge in [-0.15, -0.1) is 0 Å². The zero-order valence-corrected chi connectivity index (χ0v) is 8.35. The molecule has 15 heavy (non-hydrogen) atoms. The highest BCUT2D eigenvalue weighted by Gasteiger charge is 2.05. The summed E-state index contributed by atoms with van der Waals surface area (Å²) in [5.74, 6) is 0. The SMILES string of the molecule is O=CNc1cc(Cl)ccc1-n1cncn1. The molecule has 5 nitrogen and oxygen atoms in total. The first-order chi connectivity index (χ1) is 7.31. The number of benzene rings is 1. The molecule has 0 bridgehead atoms. The van der Waals surface area contributed by atoms with E-state index in [-0.39, 0.29) is 0 Å². The molecule has 0 atom stereocenters. The number of rotatable bonds is 3. The monoisotopic (exact) mass is 222 g/mol. The molecule has 0 unspecified atom stereocenters. The van der Waals surface area contributed by atoms with Gasteiger partial charge in [-0.2, -0.15) is 5.10 Å². The fourth-order valence-electron chi connectivity index (χ4n) is 1.22. The Bertz CT molecular complexity index is 469. The van der Waals surface area contributed by atoms with Crippen molar-refractivity contribution in [3.8, 4) is 5.69 Å². The van der Waals surface area contributed by atoms with Crippen molar-refractivity contribution in [2.75, 3.05) is 5.32 Å². The van der Waals surface area contributed by atoms with Gasteiger partial charge in [0.05, 0.1) is 11.4 Å². The van der Waals surface area contributed by atoms with Crippen LogP contribution < -0.4 is 5.32 Å². The average Bonchev–Trinajstić information content (AvgIpc) is 2.71. The Hall–Kier alpha value is -1.88. The van der Waals surface area contributed by atoms with Crippen molar-refractivity contribution in [1.29, 1.82) is 0 Å². The van der Waals surface area contributed by atoms with Crippen molar-refractivity contribution < 1.29 is 4.79 Å². The molecule has 0 saturated heterocycles. The number of amides is 1. The lowest BCUT2D eigenvalue weighted by atomic mass is 10.2. The normalized spacial score (nSPS) is 9.93. The van der Waals surface area contributed by atoms with E-state index in [1.54, 1.807) is 29.2 Å². The molecule has 76 valence electrons. The van der Waals surface area contributed by atoms with Crippen LogP contribution in [-0.4, -0.2) is 21.2 Å². The summed E-state index contributed by atoms with van der Waals surface area (Å²) in [4.78, 5) is 14.2. The van der Waals surface area contributed by atoms with E-state index in [9.17, 15) is 4.79 Å². The van der Waals surface area contributed by atoms with E-state index in [1.165, 1.54) is 6.33 Å². The minimum atomic E-state index is 0.545. The maximum absolute atomic E-state index is 10.4. The number of halogens is 1. The number of nitrogens with zero attached hydrogens (tertiary/aromatic N) is 3. The summed E-state index contributed by atoms with van der Waals surface area (Å²) in [6, 6.07) is 5.12. The molecule has 0 aliphatic carbocycles. The molecule has 0 saturated carbocycles. The van der Waals surface area contributed by atoms with Crippen LogP contribution in [0.3, 0.4) is 0 Å². The van der Waals surface area contributed by atoms with Gasteiger partial charge in [0.2, 0.25) is 6.41 Å². The molecule has 2 aromatic rings. The van der Waals surface area contributed by atoms with E-state index >= 15 is 0 Å². The van der Waals surface area contributed by atoms with Gasteiger partial charge < -0.3 is 5.32 Å². The number of anilines is 1. The van der Waals surface area contributed by atoms with Crippen LogP contribution in [0.15, 0.2) is 30.9 Å². The van der Waals surface area contributed by atoms with Crippen molar-refractivity contribution in [1.82, 2.24) is 14.8 Å². The molecular formula is C9H7ClN4O. The molecule has 2 rings (SSSR count). The highest BCUT2D eigenvalue weighted by atomic mass is 35.5. The number of nitrogens with one attached hydrogen (secondary N) is 1. The Morgan fingerprint density at radius 3 is 3.00 bits per heavy atom. The van der Waals surface area contributed by atoms with Gasteiger partial charge in [0.15, 0.2) is 0 Å². The Morgan fingerprint density at radius 1 is 1.47 bits per heavy atom. The lowest BCUT2D eigenvalue weighted by molar-refractivity contribution is -0.105. The van der Waals surface area contributed by atoms with Crippen molar-refractivity contribution >= 4 is 23.7 Å². The molecule has 0 aliphatic heterocycles. The number of hydrogen-bond acceptors (Lipinski definition) is 3. The van der Waals surface area contributed by atoms with Gasteiger partial charge in [-0.3, -0.25) is 4.79 Å². The first-order valence-corrected chi connectivity index (χ1v) is 4.54. The summed E-state index contributed by atoms with van der Waals surface area (Å²) in [6.45, 7) is 0. The number of carbonyl (C=O) groups is 1. The fourth-order valence-corrected chi connectivity index (χ4v) is 1.39. The molecule has 1 amide bonds. The van der Waals surface area contributed by atoms with E-state index in [1.807, 2.05) is 0 Å². The highest BCUT2D eigenvalue weighted by molar-refractivity contribution is 6.31. The summed E-state index contributed by atoms with van der Waals surface area (Å²) in [6.07, 6.45) is 3.55. The second-order valence-corrected chi connectivity index (χ2v) is 3.20. The first kappa shape index (κ1) is 9.67. The highest BCUT2D eigenvalue weighted by Crippen LogP contribution is 2.23. The second kappa shape index (κ2) is 4.10. The van der Waals surface area contributed by atoms with Gasteiger partial charge in [-0.25, -0.2) is 9.67 Å². The van der Waals surface area contributed by atoms with Gasteiger partial charge in [0, 0.05) is 5.02 Å². The quantitative estimate of drug-likeness (QED) is 0.801. The Kier molecular flexibility index (Phi) is 2.64. The van der Waals surface area contributed by atoms with Crippen molar-refractivity contribution in [3.05, 3.63) is 35.9 Å². The molecule has 6 heteroatoms.